The summed E-state index contributed by atoms with van der Waals surface area (Å²) in [4.78, 5) is 26.7. The van der Waals surface area contributed by atoms with Crippen LogP contribution in [0.5, 0.6) is 0 Å². The molecule has 0 atom stereocenters. The summed E-state index contributed by atoms with van der Waals surface area (Å²) in [5.74, 6) is -0.693. The van der Waals surface area contributed by atoms with E-state index in [4.69, 9.17) is 0 Å². The van der Waals surface area contributed by atoms with Crippen molar-refractivity contribution < 1.29 is 14.0 Å². The number of hydrogen-bond acceptors (Lipinski definition) is 3. The quantitative estimate of drug-likeness (QED) is 0.686. The number of urea groups is 1. The van der Waals surface area contributed by atoms with Gasteiger partial charge in [0.2, 0.25) is 5.91 Å². The number of rotatable bonds is 6. The number of halogens is 2. The number of hydrogen-bond donors (Lipinski definition) is 2. The van der Waals surface area contributed by atoms with Crippen molar-refractivity contribution in [2.45, 2.75) is 25.8 Å². The van der Waals surface area contributed by atoms with E-state index in [2.05, 4.69) is 43.6 Å². The van der Waals surface area contributed by atoms with Crippen molar-refractivity contribution in [3.05, 3.63) is 69.9 Å². The number of imide groups is 1. The highest BCUT2D eigenvalue weighted by Gasteiger charge is 2.25. The van der Waals surface area contributed by atoms with Gasteiger partial charge in [-0.1, -0.05) is 40.2 Å². The number of benzene rings is 2. The third-order valence-corrected chi connectivity index (χ3v) is 5.72. The summed E-state index contributed by atoms with van der Waals surface area (Å²) in [6.07, 6.45) is 2.48. The fraction of sp³-hybridized carbons (Fsp3) is 0.364. The van der Waals surface area contributed by atoms with Crippen LogP contribution >= 0.6 is 15.9 Å². The Labute approximate surface area is 178 Å². The molecule has 1 aliphatic rings. The molecular weight excluding hydrogens is 437 g/mol. The molecule has 29 heavy (non-hydrogen) atoms. The summed E-state index contributed by atoms with van der Waals surface area (Å²) in [6.45, 7) is 2.92. The third-order valence-electron chi connectivity index (χ3n) is 5.19. The summed E-state index contributed by atoms with van der Waals surface area (Å²) in [5.41, 5.74) is 2.07. The smallest absolute Gasteiger partial charge is 0.321 e. The Morgan fingerprint density at radius 3 is 2.28 bits per heavy atom. The standard InChI is InChI=1S/C22H25BrFN3O2/c23-19-5-1-16(2-6-19)9-12-27-13-10-18(11-14-27)21(28)26-22(29)25-15-17-3-7-20(24)8-4-17/h1-8,18H,9-15H2,(H2,25,26,28,29). The molecule has 2 aromatic rings. The summed E-state index contributed by atoms with van der Waals surface area (Å²) >= 11 is 3.44. The molecule has 7 heteroatoms. The zero-order chi connectivity index (χ0) is 20.6. The van der Waals surface area contributed by atoms with Crippen molar-refractivity contribution in [2.24, 2.45) is 5.92 Å². The molecule has 0 aliphatic carbocycles. The lowest BCUT2D eigenvalue weighted by Crippen LogP contribution is -2.45. The van der Waals surface area contributed by atoms with Crippen molar-refractivity contribution in [1.29, 1.82) is 0 Å². The molecule has 0 unspecified atom stereocenters. The third kappa shape index (κ3) is 6.94. The van der Waals surface area contributed by atoms with Crippen molar-refractivity contribution >= 4 is 27.9 Å². The van der Waals surface area contributed by atoms with Crippen LogP contribution < -0.4 is 10.6 Å². The Morgan fingerprint density at radius 1 is 1.00 bits per heavy atom. The van der Waals surface area contributed by atoms with Gasteiger partial charge in [0, 0.05) is 23.5 Å². The van der Waals surface area contributed by atoms with Gasteiger partial charge in [-0.15, -0.1) is 0 Å². The van der Waals surface area contributed by atoms with E-state index in [0.29, 0.717) is 0 Å². The SMILES string of the molecule is O=C(NCc1ccc(F)cc1)NC(=O)C1CCN(CCc2ccc(Br)cc2)CC1. The molecule has 1 fully saturated rings. The second-order valence-corrected chi connectivity index (χ2v) is 8.21. The molecule has 1 saturated heterocycles. The zero-order valence-electron chi connectivity index (χ0n) is 16.2. The topological polar surface area (TPSA) is 61.4 Å². The van der Waals surface area contributed by atoms with Gasteiger partial charge < -0.3 is 10.2 Å². The van der Waals surface area contributed by atoms with Crippen LogP contribution in [0.1, 0.15) is 24.0 Å². The predicted octanol–water partition coefficient (Wildman–Crippen LogP) is 3.87. The molecule has 0 bridgehead atoms. The molecular formula is C22H25BrFN3O2. The van der Waals surface area contributed by atoms with E-state index in [1.807, 2.05) is 12.1 Å². The Bertz CT molecular complexity index is 819. The van der Waals surface area contributed by atoms with E-state index in [1.165, 1.54) is 17.7 Å². The molecule has 0 saturated carbocycles. The first kappa shape index (κ1) is 21.5. The average molecular weight is 462 g/mol. The number of nitrogens with one attached hydrogen (secondary N) is 2. The van der Waals surface area contributed by atoms with Crippen LogP contribution in [0.2, 0.25) is 0 Å². The highest BCUT2D eigenvalue weighted by molar-refractivity contribution is 9.10. The zero-order valence-corrected chi connectivity index (χ0v) is 17.8. The van der Waals surface area contributed by atoms with E-state index < -0.39 is 6.03 Å². The minimum atomic E-state index is -0.517. The van der Waals surface area contributed by atoms with Crippen LogP contribution in [-0.4, -0.2) is 36.5 Å². The van der Waals surface area contributed by atoms with Gasteiger partial charge in [0.1, 0.15) is 5.82 Å². The minimum Gasteiger partial charge on any atom is -0.334 e. The lowest BCUT2D eigenvalue weighted by Gasteiger charge is -2.31. The van der Waals surface area contributed by atoms with Crippen LogP contribution in [0.3, 0.4) is 0 Å². The van der Waals surface area contributed by atoms with Crippen LogP contribution in [0.4, 0.5) is 9.18 Å². The molecule has 0 radical (unpaired) electrons. The molecule has 2 aromatic carbocycles. The predicted molar refractivity (Wildman–Crippen MR) is 114 cm³/mol. The van der Waals surface area contributed by atoms with Gasteiger partial charge in [-0.3, -0.25) is 10.1 Å². The second-order valence-electron chi connectivity index (χ2n) is 7.29. The van der Waals surface area contributed by atoms with Gasteiger partial charge in [-0.2, -0.15) is 0 Å². The summed E-state index contributed by atoms with van der Waals surface area (Å²) in [6, 6.07) is 13.7. The van der Waals surface area contributed by atoms with E-state index in [1.54, 1.807) is 12.1 Å². The van der Waals surface area contributed by atoms with Gasteiger partial charge in [-0.05, 0) is 67.7 Å². The molecule has 1 heterocycles. The molecule has 3 rings (SSSR count). The Morgan fingerprint density at radius 2 is 1.62 bits per heavy atom. The molecule has 0 aromatic heterocycles. The molecule has 154 valence electrons. The van der Waals surface area contributed by atoms with Gasteiger partial charge in [0.05, 0.1) is 0 Å². The van der Waals surface area contributed by atoms with E-state index in [0.717, 1.165) is 48.9 Å². The van der Waals surface area contributed by atoms with Gasteiger partial charge in [0.25, 0.3) is 0 Å². The number of likely N-dealkylation sites (tertiary alicyclic amines) is 1. The number of carbonyl (C=O) groups excluding carboxylic acids is 2. The highest BCUT2D eigenvalue weighted by atomic mass is 79.9. The van der Waals surface area contributed by atoms with Gasteiger partial charge >= 0.3 is 6.03 Å². The maximum Gasteiger partial charge on any atom is 0.321 e. The number of carbonyl (C=O) groups is 2. The second kappa shape index (κ2) is 10.5. The minimum absolute atomic E-state index is 0.143. The van der Waals surface area contributed by atoms with Crippen LogP contribution in [0, 0.1) is 11.7 Å². The van der Waals surface area contributed by atoms with E-state index >= 15 is 0 Å². The first-order valence-corrected chi connectivity index (χ1v) is 10.6. The van der Waals surface area contributed by atoms with Crippen molar-refractivity contribution in [1.82, 2.24) is 15.5 Å². The number of piperidine rings is 1. The molecule has 0 spiro atoms. The van der Waals surface area contributed by atoms with Crippen LogP contribution in [0.25, 0.3) is 0 Å². The molecule has 5 nitrogen and oxygen atoms in total. The molecule has 3 amide bonds. The van der Waals surface area contributed by atoms with Crippen LogP contribution in [-0.2, 0) is 17.8 Å². The van der Waals surface area contributed by atoms with Crippen LogP contribution in [0.15, 0.2) is 53.0 Å². The Kier molecular flexibility index (Phi) is 7.77. The number of amides is 3. The van der Waals surface area contributed by atoms with E-state index in [-0.39, 0.29) is 24.2 Å². The summed E-state index contributed by atoms with van der Waals surface area (Å²) in [7, 11) is 0. The molecule has 1 aliphatic heterocycles. The fourth-order valence-corrected chi connectivity index (χ4v) is 3.66. The van der Waals surface area contributed by atoms with Crippen molar-refractivity contribution in [3.8, 4) is 0 Å². The van der Waals surface area contributed by atoms with Gasteiger partial charge in [0.15, 0.2) is 0 Å². The number of nitrogens with zero attached hydrogens (tertiary/aromatic N) is 1. The summed E-state index contributed by atoms with van der Waals surface area (Å²) in [5, 5.41) is 5.06. The summed E-state index contributed by atoms with van der Waals surface area (Å²) < 4.78 is 14.0. The maximum atomic E-state index is 12.9. The van der Waals surface area contributed by atoms with Gasteiger partial charge in [-0.25, -0.2) is 9.18 Å². The normalized spacial score (nSPS) is 15.1. The van der Waals surface area contributed by atoms with Crippen molar-refractivity contribution in [2.75, 3.05) is 19.6 Å². The molecule has 2 N–H and O–H groups in total. The van der Waals surface area contributed by atoms with Crippen molar-refractivity contribution in [3.63, 3.8) is 0 Å². The maximum absolute atomic E-state index is 12.9. The fourth-order valence-electron chi connectivity index (χ4n) is 3.40. The lowest BCUT2D eigenvalue weighted by atomic mass is 9.95. The lowest BCUT2D eigenvalue weighted by molar-refractivity contribution is -0.125. The first-order valence-electron chi connectivity index (χ1n) is 9.79. The first-order chi connectivity index (χ1) is 14.0. The Hall–Kier alpha value is -2.25. The monoisotopic (exact) mass is 461 g/mol. The largest absolute Gasteiger partial charge is 0.334 e. The highest BCUT2D eigenvalue weighted by Crippen LogP contribution is 2.18. The Balaban J connectivity index is 1.35. The average Bonchev–Trinajstić information content (AvgIpc) is 2.73. The van der Waals surface area contributed by atoms with E-state index in [9.17, 15) is 14.0 Å².